The smallest absolute Gasteiger partial charge is 0.259 e. The van der Waals surface area contributed by atoms with Gasteiger partial charge in [-0.05, 0) is 22.9 Å². The maximum Gasteiger partial charge on any atom is 0.259 e. The van der Waals surface area contributed by atoms with Gasteiger partial charge in [0.2, 0.25) is 0 Å². The van der Waals surface area contributed by atoms with Gasteiger partial charge in [-0.25, -0.2) is 5.43 Å². The molecule has 0 fully saturated rings. The predicted molar refractivity (Wildman–Crippen MR) is 114 cm³/mol. The molecule has 6 heteroatoms. The number of hydrogen-bond acceptors (Lipinski definition) is 4. The number of carbonyl (C=O) groups is 2. The quantitative estimate of drug-likeness (QED) is 0.402. The molecule has 28 heavy (non-hydrogen) atoms. The van der Waals surface area contributed by atoms with Gasteiger partial charge in [0.15, 0.2) is 0 Å². The molecule has 0 saturated carbocycles. The molecule has 0 aliphatic heterocycles. The fraction of sp³-hybridized carbons (Fsp3) is 0.0455. The Labute approximate surface area is 165 Å². The lowest BCUT2D eigenvalue weighted by Gasteiger charge is -2.07. The average Bonchev–Trinajstić information content (AvgIpc) is 3.15. The molecule has 0 atom stereocenters. The third kappa shape index (κ3) is 3.77. The second-order valence-corrected chi connectivity index (χ2v) is 7.10. The number of thiophene rings is 1. The molecule has 0 aliphatic carbocycles. The molecule has 0 radical (unpaired) electrons. The number of benzene rings is 3. The zero-order valence-corrected chi connectivity index (χ0v) is 15.7. The second-order valence-electron chi connectivity index (χ2n) is 6.19. The molecule has 2 N–H and O–H groups in total. The summed E-state index contributed by atoms with van der Waals surface area (Å²) in [5.74, 6) is -0.677. The van der Waals surface area contributed by atoms with E-state index in [-0.39, 0.29) is 18.4 Å². The van der Waals surface area contributed by atoms with E-state index in [1.54, 1.807) is 23.6 Å². The van der Waals surface area contributed by atoms with Gasteiger partial charge in [0.1, 0.15) is 0 Å². The van der Waals surface area contributed by atoms with Crippen LogP contribution in [0.25, 0.3) is 20.9 Å². The summed E-state index contributed by atoms with van der Waals surface area (Å²) in [5.41, 5.74) is 3.94. The average molecular weight is 387 g/mol. The highest BCUT2D eigenvalue weighted by molar-refractivity contribution is 7.17. The van der Waals surface area contributed by atoms with Crippen LogP contribution in [-0.4, -0.2) is 24.6 Å². The van der Waals surface area contributed by atoms with Gasteiger partial charge in [0, 0.05) is 26.6 Å². The molecule has 2 amide bonds. The van der Waals surface area contributed by atoms with Gasteiger partial charge in [-0.15, -0.1) is 11.3 Å². The van der Waals surface area contributed by atoms with Crippen molar-refractivity contribution in [1.29, 1.82) is 0 Å². The van der Waals surface area contributed by atoms with Crippen LogP contribution in [0, 0.1) is 0 Å². The van der Waals surface area contributed by atoms with Crippen LogP contribution in [0.2, 0.25) is 0 Å². The Bertz CT molecular complexity index is 1190. The van der Waals surface area contributed by atoms with E-state index in [9.17, 15) is 9.59 Å². The van der Waals surface area contributed by atoms with Gasteiger partial charge in [0.25, 0.3) is 11.8 Å². The highest BCUT2D eigenvalue weighted by Gasteiger charge is 2.10. The third-order valence-corrected chi connectivity index (χ3v) is 5.33. The molecular weight excluding hydrogens is 370 g/mol. The molecular formula is C22H17N3O2S. The number of nitrogens with one attached hydrogen (secondary N) is 2. The number of amides is 2. The second kappa shape index (κ2) is 8.02. The standard InChI is InChI=1S/C22H17N3O2S/c26-21(25-24-12-16-14-28-20-11-4-3-9-18(16)20)13-23-22(27)19-10-5-7-15-6-1-2-8-17(15)19/h1-12,14H,13H2,(H,23,27)(H,25,26). The normalized spacial score (nSPS) is 11.1. The number of rotatable bonds is 5. The monoisotopic (exact) mass is 387 g/mol. The Morgan fingerprint density at radius 1 is 0.929 bits per heavy atom. The van der Waals surface area contributed by atoms with E-state index in [4.69, 9.17) is 0 Å². The molecule has 138 valence electrons. The molecule has 0 unspecified atom stereocenters. The van der Waals surface area contributed by atoms with Crippen molar-refractivity contribution >= 4 is 50.2 Å². The predicted octanol–water partition coefficient (Wildman–Crippen LogP) is 3.93. The van der Waals surface area contributed by atoms with Crippen LogP contribution >= 0.6 is 11.3 Å². The van der Waals surface area contributed by atoms with Crippen molar-refractivity contribution in [2.24, 2.45) is 5.10 Å². The van der Waals surface area contributed by atoms with E-state index in [0.717, 1.165) is 26.4 Å². The molecule has 1 heterocycles. The summed E-state index contributed by atoms with van der Waals surface area (Å²) < 4.78 is 1.16. The molecule has 0 spiro atoms. The summed E-state index contributed by atoms with van der Waals surface area (Å²) >= 11 is 1.62. The minimum Gasteiger partial charge on any atom is -0.343 e. The molecule has 4 aromatic rings. The van der Waals surface area contributed by atoms with Gasteiger partial charge in [0.05, 0.1) is 12.8 Å². The Balaban J connectivity index is 1.36. The maximum absolute atomic E-state index is 12.4. The highest BCUT2D eigenvalue weighted by Crippen LogP contribution is 2.24. The summed E-state index contributed by atoms with van der Waals surface area (Å²) in [6.45, 7) is -0.149. The number of hydrazone groups is 1. The van der Waals surface area contributed by atoms with Crippen LogP contribution in [0.4, 0.5) is 0 Å². The molecule has 3 aromatic carbocycles. The van der Waals surface area contributed by atoms with Crippen LogP contribution in [0.1, 0.15) is 15.9 Å². The van der Waals surface area contributed by atoms with Crippen molar-refractivity contribution in [3.05, 3.63) is 83.2 Å². The minimum absolute atomic E-state index is 0.149. The Morgan fingerprint density at radius 2 is 1.68 bits per heavy atom. The van der Waals surface area contributed by atoms with Crippen molar-refractivity contribution in [3.8, 4) is 0 Å². The summed E-state index contributed by atoms with van der Waals surface area (Å²) in [4.78, 5) is 24.4. The molecule has 0 bridgehead atoms. The van der Waals surface area contributed by atoms with E-state index in [1.807, 2.05) is 66.0 Å². The van der Waals surface area contributed by atoms with Crippen molar-refractivity contribution in [1.82, 2.24) is 10.7 Å². The van der Waals surface area contributed by atoms with Crippen molar-refractivity contribution in [2.45, 2.75) is 0 Å². The van der Waals surface area contributed by atoms with Crippen molar-refractivity contribution in [3.63, 3.8) is 0 Å². The van der Waals surface area contributed by atoms with Crippen LogP contribution in [0.5, 0.6) is 0 Å². The zero-order valence-electron chi connectivity index (χ0n) is 14.9. The number of nitrogens with zero attached hydrogens (tertiary/aromatic N) is 1. The fourth-order valence-electron chi connectivity index (χ4n) is 2.99. The number of fused-ring (bicyclic) bond motifs is 2. The highest BCUT2D eigenvalue weighted by atomic mass is 32.1. The maximum atomic E-state index is 12.4. The number of carbonyl (C=O) groups excluding carboxylic acids is 2. The summed E-state index contributed by atoms with van der Waals surface area (Å²) in [6, 6.07) is 21.2. The van der Waals surface area contributed by atoms with Crippen molar-refractivity contribution in [2.75, 3.05) is 6.54 Å². The van der Waals surface area contributed by atoms with E-state index in [1.165, 1.54) is 0 Å². The van der Waals surface area contributed by atoms with E-state index in [0.29, 0.717) is 5.56 Å². The zero-order chi connectivity index (χ0) is 19.3. The number of hydrogen-bond donors (Lipinski definition) is 2. The van der Waals surface area contributed by atoms with Gasteiger partial charge in [-0.3, -0.25) is 9.59 Å². The lowest BCUT2D eigenvalue weighted by Crippen LogP contribution is -2.35. The first-order chi connectivity index (χ1) is 13.7. The molecule has 1 aromatic heterocycles. The SMILES string of the molecule is O=C(CNC(=O)c1cccc2ccccc12)NN=Cc1csc2ccccc12. The van der Waals surface area contributed by atoms with E-state index >= 15 is 0 Å². The Hall–Kier alpha value is -3.51. The van der Waals surface area contributed by atoms with E-state index in [2.05, 4.69) is 15.8 Å². The van der Waals surface area contributed by atoms with Gasteiger partial charge in [-0.2, -0.15) is 5.10 Å². The molecule has 5 nitrogen and oxygen atoms in total. The topological polar surface area (TPSA) is 70.6 Å². The molecule has 4 rings (SSSR count). The van der Waals surface area contributed by atoms with Crippen molar-refractivity contribution < 1.29 is 9.59 Å². The first-order valence-electron chi connectivity index (χ1n) is 8.76. The first kappa shape index (κ1) is 17.9. The van der Waals surface area contributed by atoms with Crippen LogP contribution in [0.3, 0.4) is 0 Å². The lowest BCUT2D eigenvalue weighted by atomic mass is 10.0. The molecule has 0 aliphatic rings. The van der Waals surface area contributed by atoms with Crippen LogP contribution in [-0.2, 0) is 4.79 Å². The van der Waals surface area contributed by atoms with Gasteiger partial charge >= 0.3 is 0 Å². The van der Waals surface area contributed by atoms with Gasteiger partial charge in [-0.1, -0.05) is 54.6 Å². The molecule has 0 saturated heterocycles. The first-order valence-corrected chi connectivity index (χ1v) is 9.64. The lowest BCUT2D eigenvalue weighted by molar-refractivity contribution is -0.120. The summed E-state index contributed by atoms with van der Waals surface area (Å²) in [5, 5.41) is 11.5. The van der Waals surface area contributed by atoms with Gasteiger partial charge < -0.3 is 5.32 Å². The van der Waals surface area contributed by atoms with Crippen LogP contribution in [0.15, 0.2) is 77.2 Å². The summed E-state index contributed by atoms with van der Waals surface area (Å²) in [7, 11) is 0. The fourth-order valence-corrected chi connectivity index (χ4v) is 3.90. The Morgan fingerprint density at radius 3 is 2.57 bits per heavy atom. The van der Waals surface area contributed by atoms with E-state index < -0.39 is 0 Å². The third-order valence-electron chi connectivity index (χ3n) is 4.35. The minimum atomic E-state index is -0.385. The van der Waals surface area contributed by atoms with Crippen LogP contribution < -0.4 is 10.7 Å². The Kier molecular flexibility index (Phi) is 5.12. The summed E-state index contributed by atoms with van der Waals surface area (Å²) in [6.07, 6.45) is 1.61. The largest absolute Gasteiger partial charge is 0.343 e.